The third kappa shape index (κ3) is 17.1. The zero-order chi connectivity index (χ0) is 74.1. The van der Waals surface area contributed by atoms with E-state index in [4.69, 9.17) is 43.7 Å². The van der Waals surface area contributed by atoms with Gasteiger partial charge in [0.2, 0.25) is 18.6 Å². The van der Waals surface area contributed by atoms with Crippen LogP contribution in [0.1, 0.15) is 36.1 Å². The number of ether oxygens (including phenoxy) is 5. The molecule has 10 aromatic rings. The SMILES string of the molecule is COc1ccc(N=C(SC)N2CC(N3CCCc4cc(F)ccc43)C2)cn1.COc1ccc(N=C(SC)N2CC(n3ccc4cc(F)ccc43)C2)cn1.COc1ccc(N=C(SC)N2CC(n3ncc4cc(F)ccc43)C2)cc1.CSC(=Nc1ccc2c(c1)OCO2)N1CC(N2CCCc3cc(F)ccc32)C1. The van der Waals surface area contributed by atoms with Crippen LogP contribution in [-0.2, 0) is 12.8 Å². The minimum Gasteiger partial charge on any atom is -0.497 e. The summed E-state index contributed by atoms with van der Waals surface area (Å²) in [6.45, 7) is 9.49. The van der Waals surface area contributed by atoms with E-state index in [2.05, 4.69) is 55.3 Å². The number of methoxy groups -OCH3 is 3. The van der Waals surface area contributed by atoms with Crippen molar-refractivity contribution in [1.82, 2.24) is 43.9 Å². The van der Waals surface area contributed by atoms with Gasteiger partial charge in [0.25, 0.3) is 0 Å². The van der Waals surface area contributed by atoms with Crippen molar-refractivity contribution in [2.24, 2.45) is 20.0 Å². The van der Waals surface area contributed by atoms with Gasteiger partial charge in [-0.1, -0.05) is 47.0 Å². The number of halogens is 4. The van der Waals surface area contributed by atoms with Crippen LogP contribution < -0.4 is 33.5 Å². The standard InChI is InChI=1S/C21H22FN3O2S.C20H23FN4OS.2C19H19FN4OS/c1-28-21(23-16-5-7-19-20(10-16)27-13-26-19)24-11-17(12-24)25-8-2-3-14-9-15(22)4-6-18(14)25;1-26-19-8-6-16(11-22-19)23-20(27-2)24-12-17(13-24)25-9-3-4-14-10-15(21)5-7-18(14)25;1-25-17-6-4-15(5-7-17)22-19(26-2)23-11-16(12-23)24-18-8-3-14(20)9-13(18)10-21-24;1-25-18-6-4-15(10-21-18)22-19(26-2)23-11-16(12-23)24-8-7-13-9-14(20)3-5-17(13)24/h4-7,9-10,17H,2-3,8,11-13H2,1H3;5-8,10-11,17H,3-4,9,12-13H2,1-2H3;2*3-10,16H,11-12H2,1-2H3. The molecule has 556 valence electrons. The lowest BCUT2D eigenvalue weighted by atomic mass is 9.97. The van der Waals surface area contributed by atoms with Gasteiger partial charge >= 0.3 is 0 Å². The highest BCUT2D eigenvalue weighted by Crippen LogP contribution is 2.39. The first-order chi connectivity index (χ1) is 52.2. The fraction of sp³-hybridized carbons (Fsp3) is 0.329. The molecule has 4 aromatic heterocycles. The zero-order valence-electron chi connectivity index (χ0n) is 60.5. The third-order valence-electron chi connectivity index (χ3n) is 19.7. The number of anilines is 2. The minimum absolute atomic E-state index is 0.142. The molecule has 0 unspecified atom stereocenters. The normalized spacial score (nSPS) is 16.8. The minimum atomic E-state index is -0.233. The van der Waals surface area contributed by atoms with Crippen molar-refractivity contribution >= 4 is 124 Å². The second kappa shape index (κ2) is 34.0. The Morgan fingerprint density at radius 3 is 1.38 bits per heavy atom. The van der Waals surface area contributed by atoms with Crippen LogP contribution in [0.15, 0.2) is 190 Å². The molecule has 0 atom stereocenters. The number of likely N-dealkylation sites (tertiary alicyclic amines) is 4. The number of aromatic nitrogens is 5. The number of nitrogens with zero attached hydrogens (tertiary/aromatic N) is 15. The summed E-state index contributed by atoms with van der Waals surface area (Å²) in [6, 6.07) is 44.5. The topological polar surface area (TPSA) is 164 Å². The van der Waals surface area contributed by atoms with Crippen LogP contribution in [-0.4, -0.2) is 195 Å². The summed E-state index contributed by atoms with van der Waals surface area (Å²) in [5.74, 6) is 2.79. The lowest BCUT2D eigenvalue weighted by molar-refractivity contribution is 0.174. The molecule has 7 aliphatic heterocycles. The summed E-state index contributed by atoms with van der Waals surface area (Å²) >= 11 is 6.55. The predicted octanol–water partition coefficient (Wildman–Crippen LogP) is 15.9. The van der Waals surface area contributed by atoms with Gasteiger partial charge in [0.05, 0.1) is 92.4 Å². The molecule has 7 aliphatic rings. The number of pyridine rings is 2. The molecule has 20 nitrogen and oxygen atoms in total. The van der Waals surface area contributed by atoms with E-state index in [1.165, 1.54) is 29.6 Å². The van der Waals surface area contributed by atoms with Crippen LogP contribution in [0.3, 0.4) is 0 Å². The summed E-state index contributed by atoms with van der Waals surface area (Å²) in [4.78, 5) is 41.3. The fourth-order valence-electron chi connectivity index (χ4n) is 14.0. The Labute approximate surface area is 636 Å². The van der Waals surface area contributed by atoms with Crippen molar-refractivity contribution in [2.75, 3.05) is 128 Å². The molecule has 28 heteroatoms. The van der Waals surface area contributed by atoms with Crippen molar-refractivity contribution in [3.63, 3.8) is 0 Å². The van der Waals surface area contributed by atoms with Crippen LogP contribution >= 0.6 is 47.0 Å². The molecule has 11 heterocycles. The monoisotopic (exact) mass is 1530 g/mol. The Hall–Kier alpha value is -9.77. The Balaban J connectivity index is 0.000000120. The largest absolute Gasteiger partial charge is 0.497 e. The highest BCUT2D eigenvalue weighted by atomic mass is 32.2. The lowest BCUT2D eigenvalue weighted by Gasteiger charge is -2.49. The van der Waals surface area contributed by atoms with E-state index in [1.807, 2.05) is 115 Å². The molecule has 4 fully saturated rings. The smallest absolute Gasteiger partial charge is 0.231 e. The van der Waals surface area contributed by atoms with Gasteiger partial charge in [-0.3, -0.25) is 4.68 Å². The highest BCUT2D eigenvalue weighted by molar-refractivity contribution is 8.14. The van der Waals surface area contributed by atoms with Crippen LogP contribution in [0, 0.1) is 23.3 Å². The number of benzene rings is 6. The molecular formula is C79H83F4N15O5S4. The maximum Gasteiger partial charge on any atom is 0.231 e. The van der Waals surface area contributed by atoms with Crippen LogP contribution in [0.25, 0.3) is 21.8 Å². The van der Waals surface area contributed by atoms with E-state index in [9.17, 15) is 17.6 Å². The Morgan fingerprint density at radius 2 is 0.879 bits per heavy atom. The molecule has 6 aromatic carbocycles. The number of amidine groups is 4. The first-order valence-electron chi connectivity index (χ1n) is 35.3. The van der Waals surface area contributed by atoms with Crippen molar-refractivity contribution < 1.29 is 41.2 Å². The number of aliphatic imine (C=N–C) groups is 4. The van der Waals surface area contributed by atoms with Crippen LogP contribution in [0.5, 0.6) is 29.0 Å². The zero-order valence-corrected chi connectivity index (χ0v) is 63.7. The summed E-state index contributed by atoms with van der Waals surface area (Å²) < 4.78 is 84.2. The predicted molar refractivity (Wildman–Crippen MR) is 427 cm³/mol. The van der Waals surface area contributed by atoms with Gasteiger partial charge in [0.15, 0.2) is 32.2 Å². The number of hydrogen-bond donors (Lipinski definition) is 0. The molecule has 0 bridgehead atoms. The van der Waals surface area contributed by atoms with E-state index in [0.717, 1.165) is 185 Å². The van der Waals surface area contributed by atoms with Gasteiger partial charge < -0.3 is 57.7 Å². The molecule has 0 spiro atoms. The average molecular weight is 1530 g/mol. The van der Waals surface area contributed by atoms with E-state index < -0.39 is 0 Å². The quantitative estimate of drug-likeness (QED) is 0.0682. The molecule has 17 rings (SSSR count). The number of thioether (sulfide) groups is 4. The van der Waals surface area contributed by atoms with Crippen molar-refractivity contribution in [1.29, 1.82) is 0 Å². The molecule has 107 heavy (non-hydrogen) atoms. The number of rotatable bonds is 11. The molecule has 0 N–H and O–H groups in total. The first-order valence-corrected chi connectivity index (χ1v) is 40.2. The van der Waals surface area contributed by atoms with E-state index >= 15 is 0 Å². The van der Waals surface area contributed by atoms with E-state index in [0.29, 0.717) is 29.9 Å². The lowest BCUT2D eigenvalue weighted by Crippen LogP contribution is -2.61. The van der Waals surface area contributed by atoms with Gasteiger partial charge in [-0.25, -0.2) is 47.5 Å². The van der Waals surface area contributed by atoms with E-state index in [-0.39, 0.29) is 36.1 Å². The molecule has 0 aliphatic carbocycles. The summed E-state index contributed by atoms with van der Waals surface area (Å²) in [5.41, 5.74) is 10.1. The number of hydrogen-bond acceptors (Lipinski definition) is 18. The van der Waals surface area contributed by atoms with Gasteiger partial charge in [-0.2, -0.15) is 5.10 Å². The van der Waals surface area contributed by atoms with E-state index in [1.54, 1.807) is 129 Å². The summed E-state index contributed by atoms with van der Waals surface area (Å²) in [6.07, 6.45) is 19.4. The second-order valence-corrected chi connectivity index (χ2v) is 29.4. The molecule has 0 saturated carbocycles. The molecule has 4 saturated heterocycles. The van der Waals surface area contributed by atoms with Gasteiger partial charge in [0.1, 0.15) is 29.0 Å². The highest BCUT2D eigenvalue weighted by Gasteiger charge is 2.38. The number of fused-ring (bicyclic) bond motifs is 5. The average Bonchev–Trinajstić information content (AvgIpc) is 1.60. The van der Waals surface area contributed by atoms with Gasteiger partial charge in [-0.15, -0.1) is 0 Å². The number of aryl methyl sites for hydroxylation is 2. The third-order valence-corrected chi connectivity index (χ3v) is 22.6. The second-order valence-electron chi connectivity index (χ2n) is 26.3. The maximum atomic E-state index is 13.6. The maximum absolute atomic E-state index is 13.6. The molecule has 0 amide bonds. The Kier molecular flexibility index (Phi) is 23.5. The Bertz CT molecular complexity index is 4720. The first kappa shape index (κ1) is 74.1. The Morgan fingerprint density at radius 1 is 0.430 bits per heavy atom. The van der Waals surface area contributed by atoms with Crippen LogP contribution in [0.4, 0.5) is 51.7 Å². The van der Waals surface area contributed by atoms with Crippen molar-refractivity contribution in [2.45, 2.75) is 49.9 Å². The summed E-state index contributed by atoms with van der Waals surface area (Å²) in [5, 5.41) is 10.2. The van der Waals surface area contributed by atoms with Crippen molar-refractivity contribution in [3.05, 3.63) is 205 Å². The van der Waals surface area contributed by atoms with Crippen molar-refractivity contribution in [3.8, 4) is 29.0 Å². The van der Waals surface area contributed by atoms with Gasteiger partial charge in [0, 0.05) is 118 Å². The summed E-state index contributed by atoms with van der Waals surface area (Å²) in [7, 11) is 4.85. The van der Waals surface area contributed by atoms with Crippen LogP contribution in [0.2, 0.25) is 0 Å². The van der Waals surface area contributed by atoms with Gasteiger partial charge in [-0.05, 0) is 189 Å². The fourth-order valence-corrected chi connectivity index (χ4v) is 16.5. The molecular weight excluding hydrogens is 1440 g/mol. The molecule has 0 radical (unpaired) electrons.